The maximum atomic E-state index is 12.3. The molecule has 0 atom stereocenters. The van der Waals surface area contributed by atoms with Gasteiger partial charge in [-0.05, 0) is 64.4 Å². The van der Waals surface area contributed by atoms with Crippen molar-refractivity contribution >= 4 is 40.3 Å². The normalized spacial score (nSPS) is 12.0. The van der Waals surface area contributed by atoms with Gasteiger partial charge in [0.2, 0.25) is 12.7 Å². The van der Waals surface area contributed by atoms with Crippen LogP contribution in [0, 0.1) is 3.57 Å². The fourth-order valence-electron chi connectivity index (χ4n) is 3.41. The van der Waals surface area contributed by atoms with Crippen LogP contribution in [0.5, 0.6) is 11.5 Å². The van der Waals surface area contributed by atoms with Gasteiger partial charge in [0, 0.05) is 35.3 Å². The van der Waals surface area contributed by atoms with E-state index in [1.807, 2.05) is 24.3 Å². The van der Waals surface area contributed by atoms with E-state index in [0.717, 1.165) is 40.9 Å². The van der Waals surface area contributed by atoms with Gasteiger partial charge >= 0.3 is 0 Å². The van der Waals surface area contributed by atoms with Gasteiger partial charge in [-0.2, -0.15) is 0 Å². The van der Waals surface area contributed by atoms with Crippen molar-refractivity contribution in [3.63, 3.8) is 0 Å². The molecule has 0 saturated carbocycles. The molecule has 9 heteroatoms. The van der Waals surface area contributed by atoms with Gasteiger partial charge in [0.05, 0.1) is 0 Å². The number of aryl methyl sites for hydroxylation is 2. The van der Waals surface area contributed by atoms with Crippen LogP contribution in [0.3, 0.4) is 0 Å². The zero-order valence-corrected chi connectivity index (χ0v) is 21.1. The Bertz CT molecular complexity index is 1120. The first-order chi connectivity index (χ1) is 16.1. The van der Waals surface area contributed by atoms with Gasteiger partial charge in [-0.1, -0.05) is 36.0 Å². The van der Waals surface area contributed by atoms with E-state index in [2.05, 4.69) is 73.5 Å². The highest BCUT2D eigenvalue weighted by molar-refractivity contribution is 14.1. The molecule has 0 radical (unpaired) electrons. The highest BCUT2D eigenvalue weighted by Crippen LogP contribution is 2.32. The van der Waals surface area contributed by atoms with Crippen molar-refractivity contribution in [2.24, 2.45) is 0 Å². The van der Waals surface area contributed by atoms with E-state index in [-0.39, 0.29) is 12.7 Å². The molecule has 1 amide bonds. The lowest BCUT2D eigenvalue weighted by Gasteiger charge is -2.08. The second-order valence-electron chi connectivity index (χ2n) is 7.49. The molecule has 7 nitrogen and oxygen atoms in total. The molecule has 1 aliphatic rings. The highest BCUT2D eigenvalue weighted by atomic mass is 127. The van der Waals surface area contributed by atoms with Crippen molar-refractivity contribution in [2.75, 3.05) is 12.5 Å². The largest absolute Gasteiger partial charge is 0.454 e. The topological polar surface area (TPSA) is 78.3 Å². The first-order valence-electron chi connectivity index (χ1n) is 10.7. The molecule has 4 rings (SSSR count). The SMILES string of the molecule is C=CCn1c(CCc2ccc(I)cc2)nnc1SCCC(=O)NCc1ccc2c(c1)OCO2. The lowest BCUT2D eigenvalue weighted by molar-refractivity contribution is -0.120. The van der Waals surface area contributed by atoms with Crippen LogP contribution in [-0.4, -0.2) is 33.2 Å². The fourth-order valence-corrected chi connectivity index (χ4v) is 4.67. The molecule has 1 N–H and O–H groups in total. The number of hydrogen-bond donors (Lipinski definition) is 1. The quantitative estimate of drug-likeness (QED) is 0.208. The third-order valence-electron chi connectivity index (χ3n) is 5.14. The minimum Gasteiger partial charge on any atom is -0.454 e. The summed E-state index contributed by atoms with van der Waals surface area (Å²) in [6.07, 6.45) is 3.95. The molecule has 0 fully saturated rings. The van der Waals surface area contributed by atoms with Crippen LogP contribution >= 0.6 is 34.4 Å². The van der Waals surface area contributed by atoms with Crippen LogP contribution in [0.1, 0.15) is 23.4 Å². The summed E-state index contributed by atoms with van der Waals surface area (Å²) in [4.78, 5) is 12.3. The molecule has 0 saturated heterocycles. The molecule has 0 bridgehead atoms. The highest BCUT2D eigenvalue weighted by Gasteiger charge is 2.15. The van der Waals surface area contributed by atoms with Crippen LogP contribution in [0.15, 0.2) is 60.3 Å². The number of carbonyl (C=O) groups excluding carboxylic acids is 1. The van der Waals surface area contributed by atoms with Gasteiger partial charge in [0.1, 0.15) is 5.82 Å². The number of benzene rings is 2. The molecule has 0 spiro atoms. The second-order valence-corrected chi connectivity index (χ2v) is 9.80. The average molecular weight is 576 g/mol. The summed E-state index contributed by atoms with van der Waals surface area (Å²) in [7, 11) is 0. The summed E-state index contributed by atoms with van der Waals surface area (Å²) < 4.78 is 14.0. The molecule has 3 aromatic rings. The first kappa shape index (κ1) is 23.6. The fraction of sp³-hybridized carbons (Fsp3) is 0.292. The maximum absolute atomic E-state index is 12.3. The van der Waals surface area contributed by atoms with E-state index in [4.69, 9.17) is 9.47 Å². The standard InChI is InChI=1S/C24H25IN4O3S/c1-2-12-29-22(10-6-17-3-7-19(25)8-4-17)27-28-24(29)33-13-11-23(30)26-15-18-5-9-20-21(14-18)32-16-31-20/h2-5,7-9,14H,1,6,10-13,15-16H2,(H,26,30). The molecule has 2 aromatic carbocycles. The number of rotatable bonds is 11. The summed E-state index contributed by atoms with van der Waals surface area (Å²) in [5.74, 6) is 3.01. The smallest absolute Gasteiger partial charge is 0.231 e. The molecule has 0 unspecified atom stereocenters. The third-order valence-corrected chi connectivity index (χ3v) is 6.83. The number of allylic oxidation sites excluding steroid dienone is 1. The Morgan fingerprint density at radius 3 is 2.73 bits per heavy atom. The van der Waals surface area contributed by atoms with Gasteiger partial charge in [-0.3, -0.25) is 4.79 Å². The Hall–Kier alpha value is -2.53. The molecule has 172 valence electrons. The first-order valence-corrected chi connectivity index (χ1v) is 12.7. The van der Waals surface area contributed by atoms with E-state index in [1.165, 1.54) is 9.13 Å². The molecular weight excluding hydrogens is 551 g/mol. The van der Waals surface area contributed by atoms with Gasteiger partial charge < -0.3 is 19.4 Å². The van der Waals surface area contributed by atoms with E-state index in [9.17, 15) is 4.79 Å². The van der Waals surface area contributed by atoms with Crippen molar-refractivity contribution in [1.29, 1.82) is 0 Å². The molecule has 0 aliphatic carbocycles. The molecular formula is C24H25IN4O3S. The van der Waals surface area contributed by atoms with Gasteiger partial charge in [0.25, 0.3) is 0 Å². The predicted molar refractivity (Wildman–Crippen MR) is 137 cm³/mol. The molecule has 1 aromatic heterocycles. The zero-order valence-electron chi connectivity index (χ0n) is 18.1. The number of thioether (sulfide) groups is 1. The Kier molecular flexibility index (Phi) is 8.27. The van der Waals surface area contributed by atoms with Crippen LogP contribution in [-0.2, 0) is 30.7 Å². The van der Waals surface area contributed by atoms with E-state index < -0.39 is 0 Å². The number of hydrogen-bond acceptors (Lipinski definition) is 6. The van der Waals surface area contributed by atoms with Crippen molar-refractivity contribution < 1.29 is 14.3 Å². The van der Waals surface area contributed by atoms with E-state index in [1.54, 1.807) is 11.8 Å². The van der Waals surface area contributed by atoms with Crippen molar-refractivity contribution in [2.45, 2.75) is 37.5 Å². The number of fused-ring (bicyclic) bond motifs is 1. The Morgan fingerprint density at radius 2 is 1.91 bits per heavy atom. The van der Waals surface area contributed by atoms with Crippen LogP contribution in [0.25, 0.3) is 0 Å². The lowest BCUT2D eigenvalue weighted by atomic mass is 10.1. The second kappa shape index (κ2) is 11.6. The number of amides is 1. The van der Waals surface area contributed by atoms with Gasteiger partial charge in [-0.25, -0.2) is 0 Å². The maximum Gasteiger partial charge on any atom is 0.231 e. The van der Waals surface area contributed by atoms with Crippen molar-refractivity contribution in [1.82, 2.24) is 20.1 Å². The number of carbonyl (C=O) groups is 1. The molecule has 1 aliphatic heterocycles. The summed E-state index contributed by atoms with van der Waals surface area (Å²) in [5.41, 5.74) is 2.25. The summed E-state index contributed by atoms with van der Waals surface area (Å²) >= 11 is 3.85. The van der Waals surface area contributed by atoms with Crippen LogP contribution in [0.2, 0.25) is 0 Å². The minimum absolute atomic E-state index is 0.00566. The predicted octanol–water partition coefficient (Wildman–Crippen LogP) is 4.38. The van der Waals surface area contributed by atoms with Gasteiger partial charge in [-0.15, -0.1) is 16.8 Å². The Balaban J connectivity index is 1.25. The minimum atomic E-state index is -0.00566. The van der Waals surface area contributed by atoms with Crippen molar-refractivity contribution in [3.05, 3.63) is 75.6 Å². The Morgan fingerprint density at radius 1 is 1.12 bits per heavy atom. The van der Waals surface area contributed by atoms with E-state index in [0.29, 0.717) is 25.3 Å². The van der Waals surface area contributed by atoms with Crippen LogP contribution < -0.4 is 14.8 Å². The molecule has 33 heavy (non-hydrogen) atoms. The van der Waals surface area contributed by atoms with E-state index >= 15 is 0 Å². The summed E-state index contributed by atoms with van der Waals surface area (Å²) in [6, 6.07) is 14.2. The Labute approximate surface area is 211 Å². The average Bonchev–Trinajstić information content (AvgIpc) is 3.44. The van der Waals surface area contributed by atoms with Crippen LogP contribution in [0.4, 0.5) is 0 Å². The van der Waals surface area contributed by atoms with Crippen molar-refractivity contribution in [3.8, 4) is 11.5 Å². The zero-order chi connectivity index (χ0) is 23.0. The number of halogens is 1. The summed E-state index contributed by atoms with van der Waals surface area (Å²) in [5, 5.41) is 12.5. The number of ether oxygens (including phenoxy) is 2. The number of aromatic nitrogens is 3. The van der Waals surface area contributed by atoms with Gasteiger partial charge in [0.15, 0.2) is 16.7 Å². The monoisotopic (exact) mass is 576 g/mol. The molecule has 2 heterocycles. The lowest BCUT2D eigenvalue weighted by Crippen LogP contribution is -2.23. The summed E-state index contributed by atoms with van der Waals surface area (Å²) in [6.45, 7) is 5.20. The number of nitrogens with zero attached hydrogens (tertiary/aromatic N) is 3. The number of nitrogens with one attached hydrogen (secondary N) is 1. The third kappa shape index (κ3) is 6.50.